The molecule has 0 heterocycles. The highest BCUT2D eigenvalue weighted by molar-refractivity contribution is 7.86. The van der Waals surface area contributed by atoms with Gasteiger partial charge in [-0.15, -0.1) is 0 Å². The normalized spacial score (nSPS) is 16.1. The summed E-state index contributed by atoms with van der Waals surface area (Å²) in [5.41, 5.74) is 0. The zero-order valence-electron chi connectivity index (χ0n) is 11.6. The Morgan fingerprint density at radius 1 is 1.25 bits per heavy atom. The summed E-state index contributed by atoms with van der Waals surface area (Å²) in [6.07, 6.45) is 5.13. The zero-order chi connectivity index (χ0) is 12.6. The minimum absolute atomic E-state index is 0.0763. The Hall–Kier alpha value is 0.110. The van der Waals surface area contributed by atoms with E-state index in [1.54, 1.807) is 0 Å². The van der Waals surface area contributed by atoms with Crippen LogP contribution in [-0.4, -0.2) is 27.3 Å². The first-order valence-corrected chi connectivity index (χ1v) is 7.81. The smallest absolute Gasteiger partial charge is 0.0375 e. The Bertz CT molecular complexity index is 199. The molecule has 3 heteroatoms. The summed E-state index contributed by atoms with van der Waals surface area (Å²) in [6, 6.07) is 0.559. The standard InChI is InChI=1S/C13H29NOS/c1-6-7-8-9-12(2)14-10-11-16(15)13(3,4)5/h12,14H,6-11H2,1-5H3. The molecule has 1 N–H and O–H groups in total. The monoisotopic (exact) mass is 247 g/mol. The molecule has 0 aromatic rings. The Labute approximate surface area is 104 Å². The molecule has 98 valence electrons. The number of hydrogen-bond donors (Lipinski definition) is 1. The van der Waals surface area contributed by atoms with E-state index in [1.807, 2.05) is 20.8 Å². The fourth-order valence-electron chi connectivity index (χ4n) is 1.51. The predicted octanol–water partition coefficient (Wildman–Crippen LogP) is 3.09. The maximum Gasteiger partial charge on any atom is 0.0375 e. The third-order valence-electron chi connectivity index (χ3n) is 2.70. The van der Waals surface area contributed by atoms with E-state index in [1.165, 1.54) is 25.7 Å². The van der Waals surface area contributed by atoms with Crippen LogP contribution in [0.1, 0.15) is 60.3 Å². The summed E-state index contributed by atoms with van der Waals surface area (Å²) < 4.78 is 11.7. The number of rotatable bonds is 8. The Kier molecular flexibility index (Phi) is 8.29. The lowest BCUT2D eigenvalue weighted by Crippen LogP contribution is -2.33. The molecule has 0 amide bonds. The topological polar surface area (TPSA) is 29.1 Å². The third kappa shape index (κ3) is 8.28. The van der Waals surface area contributed by atoms with Gasteiger partial charge in [-0.3, -0.25) is 4.21 Å². The van der Waals surface area contributed by atoms with Crippen LogP contribution in [0.3, 0.4) is 0 Å². The molecule has 0 spiro atoms. The van der Waals surface area contributed by atoms with Crippen molar-refractivity contribution in [2.75, 3.05) is 12.3 Å². The molecule has 16 heavy (non-hydrogen) atoms. The van der Waals surface area contributed by atoms with Crippen molar-refractivity contribution in [3.8, 4) is 0 Å². The van der Waals surface area contributed by atoms with Crippen molar-refractivity contribution in [1.82, 2.24) is 5.32 Å². The molecule has 0 saturated heterocycles. The molecule has 0 rings (SSSR count). The summed E-state index contributed by atoms with van der Waals surface area (Å²) in [4.78, 5) is 0. The Balaban J connectivity index is 3.54. The second kappa shape index (κ2) is 8.24. The van der Waals surface area contributed by atoms with Crippen LogP contribution in [0.4, 0.5) is 0 Å². The van der Waals surface area contributed by atoms with E-state index in [2.05, 4.69) is 19.2 Å². The lowest BCUT2D eigenvalue weighted by atomic mass is 10.1. The average molecular weight is 247 g/mol. The largest absolute Gasteiger partial charge is 0.313 e. The Morgan fingerprint density at radius 3 is 2.38 bits per heavy atom. The van der Waals surface area contributed by atoms with Gasteiger partial charge in [0.2, 0.25) is 0 Å². The van der Waals surface area contributed by atoms with Gasteiger partial charge in [0.25, 0.3) is 0 Å². The molecule has 2 nitrogen and oxygen atoms in total. The van der Waals surface area contributed by atoms with Crippen LogP contribution in [0, 0.1) is 0 Å². The lowest BCUT2D eigenvalue weighted by Gasteiger charge is -2.19. The maximum absolute atomic E-state index is 11.8. The minimum atomic E-state index is -0.724. The second-order valence-electron chi connectivity index (χ2n) is 5.51. The van der Waals surface area contributed by atoms with E-state index in [-0.39, 0.29) is 4.75 Å². The maximum atomic E-state index is 11.8. The molecule has 0 aromatic carbocycles. The van der Waals surface area contributed by atoms with Gasteiger partial charge in [-0.25, -0.2) is 0 Å². The van der Waals surface area contributed by atoms with Crippen LogP contribution >= 0.6 is 0 Å². The molecule has 0 aromatic heterocycles. The van der Waals surface area contributed by atoms with Crippen LogP contribution < -0.4 is 5.32 Å². The van der Waals surface area contributed by atoms with Gasteiger partial charge in [-0.2, -0.15) is 0 Å². The average Bonchev–Trinajstić information content (AvgIpc) is 2.16. The van der Waals surface area contributed by atoms with Crippen molar-refractivity contribution in [2.24, 2.45) is 0 Å². The molecule has 0 aliphatic carbocycles. The molecular weight excluding hydrogens is 218 g/mol. The first kappa shape index (κ1) is 16.1. The van der Waals surface area contributed by atoms with Gasteiger partial charge in [0.05, 0.1) is 0 Å². The zero-order valence-corrected chi connectivity index (χ0v) is 12.5. The van der Waals surface area contributed by atoms with Crippen molar-refractivity contribution >= 4 is 10.8 Å². The summed E-state index contributed by atoms with van der Waals surface area (Å²) >= 11 is 0. The van der Waals surface area contributed by atoms with E-state index < -0.39 is 10.8 Å². The van der Waals surface area contributed by atoms with E-state index in [0.717, 1.165) is 12.3 Å². The van der Waals surface area contributed by atoms with Crippen molar-refractivity contribution < 1.29 is 4.21 Å². The van der Waals surface area contributed by atoms with Crippen molar-refractivity contribution in [3.05, 3.63) is 0 Å². The minimum Gasteiger partial charge on any atom is -0.313 e. The second-order valence-corrected chi connectivity index (χ2v) is 7.84. The van der Waals surface area contributed by atoms with E-state index in [9.17, 15) is 4.21 Å². The van der Waals surface area contributed by atoms with Crippen LogP contribution in [0.25, 0.3) is 0 Å². The summed E-state index contributed by atoms with van der Waals surface area (Å²) in [6.45, 7) is 11.4. The molecular formula is C13H29NOS. The molecule has 0 aliphatic heterocycles. The number of hydrogen-bond acceptors (Lipinski definition) is 2. The number of nitrogens with one attached hydrogen (secondary N) is 1. The fourth-order valence-corrected chi connectivity index (χ4v) is 2.42. The lowest BCUT2D eigenvalue weighted by molar-refractivity contribution is 0.500. The van der Waals surface area contributed by atoms with Gasteiger partial charge < -0.3 is 5.32 Å². The highest BCUT2D eigenvalue weighted by atomic mass is 32.2. The summed E-state index contributed by atoms with van der Waals surface area (Å²) in [5, 5.41) is 3.45. The van der Waals surface area contributed by atoms with E-state index in [0.29, 0.717) is 6.04 Å². The van der Waals surface area contributed by atoms with Crippen molar-refractivity contribution in [3.63, 3.8) is 0 Å². The summed E-state index contributed by atoms with van der Waals surface area (Å²) in [5.74, 6) is 0.765. The van der Waals surface area contributed by atoms with Gasteiger partial charge in [-0.1, -0.05) is 26.2 Å². The molecule has 0 fully saturated rings. The predicted molar refractivity (Wildman–Crippen MR) is 74.4 cm³/mol. The van der Waals surface area contributed by atoms with Gasteiger partial charge in [0.1, 0.15) is 0 Å². The summed E-state index contributed by atoms with van der Waals surface area (Å²) in [7, 11) is -0.724. The molecule has 0 bridgehead atoms. The fraction of sp³-hybridized carbons (Fsp3) is 1.00. The van der Waals surface area contributed by atoms with Gasteiger partial charge >= 0.3 is 0 Å². The SMILES string of the molecule is CCCCCC(C)NCCS(=O)C(C)(C)C. The Morgan fingerprint density at radius 2 is 1.88 bits per heavy atom. The van der Waals surface area contributed by atoms with Crippen LogP contribution in [0.15, 0.2) is 0 Å². The highest BCUT2D eigenvalue weighted by Crippen LogP contribution is 2.10. The van der Waals surface area contributed by atoms with Gasteiger partial charge in [0, 0.05) is 33.9 Å². The molecule has 0 radical (unpaired) electrons. The van der Waals surface area contributed by atoms with Gasteiger partial charge in [0.15, 0.2) is 0 Å². The van der Waals surface area contributed by atoms with Crippen LogP contribution in [-0.2, 0) is 10.8 Å². The molecule has 2 atom stereocenters. The van der Waals surface area contributed by atoms with Crippen molar-refractivity contribution in [2.45, 2.75) is 71.1 Å². The highest BCUT2D eigenvalue weighted by Gasteiger charge is 2.18. The van der Waals surface area contributed by atoms with Crippen LogP contribution in [0.5, 0.6) is 0 Å². The van der Waals surface area contributed by atoms with Gasteiger partial charge in [-0.05, 0) is 34.1 Å². The quantitative estimate of drug-likeness (QED) is 0.668. The first-order valence-electron chi connectivity index (χ1n) is 6.49. The van der Waals surface area contributed by atoms with E-state index >= 15 is 0 Å². The third-order valence-corrected chi connectivity index (χ3v) is 4.64. The first-order chi connectivity index (χ1) is 7.38. The van der Waals surface area contributed by atoms with E-state index in [4.69, 9.17) is 0 Å². The van der Waals surface area contributed by atoms with Crippen LogP contribution in [0.2, 0.25) is 0 Å². The van der Waals surface area contributed by atoms with Crippen molar-refractivity contribution in [1.29, 1.82) is 0 Å². The molecule has 2 unspecified atom stereocenters. The number of unbranched alkanes of at least 4 members (excludes halogenated alkanes) is 2. The molecule has 0 aliphatic rings. The molecule has 0 saturated carbocycles.